The average Bonchev–Trinajstić information content (AvgIpc) is 2.90. The number of fused-ring (bicyclic) bond motifs is 1. The van der Waals surface area contributed by atoms with Crippen molar-refractivity contribution >= 4 is 9.84 Å². The van der Waals surface area contributed by atoms with E-state index in [0.29, 0.717) is 0 Å². The zero-order valence-electron chi connectivity index (χ0n) is 13.0. The molecular weight excluding hydrogens is 357 g/mol. The van der Waals surface area contributed by atoms with Gasteiger partial charge in [-0.05, 0) is 24.6 Å². The topological polar surface area (TPSA) is 83.1 Å². The number of aliphatic hydroxyl groups is 1. The van der Waals surface area contributed by atoms with Crippen molar-refractivity contribution in [3.05, 3.63) is 47.0 Å². The first-order chi connectivity index (χ1) is 11.5. The number of hydrogen-bond acceptors (Lipinski definition) is 4. The number of aliphatic hydroxyl groups excluding tert-OH is 1. The molecule has 0 amide bonds. The zero-order chi connectivity index (χ0) is 18.6. The van der Waals surface area contributed by atoms with Crippen molar-refractivity contribution < 1.29 is 26.7 Å². The number of halogens is 3. The molecule has 1 atom stereocenters. The summed E-state index contributed by atoms with van der Waals surface area (Å²) in [6.07, 6.45) is -1.22. The molecule has 25 heavy (non-hydrogen) atoms. The van der Waals surface area contributed by atoms with Gasteiger partial charge in [-0.3, -0.25) is 0 Å². The summed E-state index contributed by atoms with van der Waals surface area (Å²) in [6, 6.07) is 5.15. The molecule has 1 aliphatic rings. The standard InChI is InChI=1S/C16H13F3N2O3S/c1-25(23,24)13-8-21(11-5-9(7-20)4-10(17)6-11)12-2-3-16(18,19)15(22)14(12)13/h4-6,8,15,22H,2-3H2,1H3. The molecule has 1 aromatic heterocycles. The molecular formula is C16H13F3N2O3S. The third kappa shape index (κ3) is 2.92. The van der Waals surface area contributed by atoms with Gasteiger partial charge in [-0.15, -0.1) is 0 Å². The third-order valence-corrected chi connectivity index (χ3v) is 5.30. The molecule has 0 spiro atoms. The van der Waals surface area contributed by atoms with Crippen LogP contribution in [0.4, 0.5) is 13.2 Å². The minimum Gasteiger partial charge on any atom is -0.382 e. The van der Waals surface area contributed by atoms with Gasteiger partial charge in [-0.25, -0.2) is 21.6 Å². The normalized spacial score (nSPS) is 19.3. The highest BCUT2D eigenvalue weighted by atomic mass is 32.2. The second-order valence-corrected chi connectivity index (χ2v) is 7.95. The first-order valence-corrected chi connectivity index (χ1v) is 9.15. The van der Waals surface area contributed by atoms with Crippen LogP contribution in [-0.4, -0.2) is 30.3 Å². The van der Waals surface area contributed by atoms with E-state index in [2.05, 4.69) is 0 Å². The summed E-state index contributed by atoms with van der Waals surface area (Å²) in [4.78, 5) is -0.433. The highest BCUT2D eigenvalue weighted by molar-refractivity contribution is 7.90. The van der Waals surface area contributed by atoms with Crippen molar-refractivity contribution in [2.24, 2.45) is 0 Å². The monoisotopic (exact) mass is 370 g/mol. The predicted octanol–water partition coefficient (Wildman–Crippen LogP) is 2.51. The van der Waals surface area contributed by atoms with Gasteiger partial charge in [-0.2, -0.15) is 5.26 Å². The first-order valence-electron chi connectivity index (χ1n) is 7.26. The maximum Gasteiger partial charge on any atom is 0.278 e. The molecule has 1 N–H and O–H groups in total. The fourth-order valence-corrected chi connectivity index (χ4v) is 3.95. The Bertz CT molecular complexity index is 1010. The SMILES string of the molecule is CS(=O)(=O)c1cn(-c2cc(F)cc(C#N)c2)c2c1C(O)C(F)(F)CC2. The summed E-state index contributed by atoms with van der Waals surface area (Å²) in [5.74, 6) is -4.18. The maximum absolute atomic E-state index is 13.9. The van der Waals surface area contributed by atoms with Crippen LogP contribution in [0.15, 0.2) is 29.3 Å². The Labute approximate surface area is 141 Å². The van der Waals surface area contributed by atoms with E-state index in [4.69, 9.17) is 5.26 Å². The second-order valence-electron chi connectivity index (χ2n) is 5.97. The molecule has 3 rings (SSSR count). The van der Waals surface area contributed by atoms with Crippen molar-refractivity contribution in [1.29, 1.82) is 5.26 Å². The Kier molecular flexibility index (Phi) is 3.93. The number of rotatable bonds is 2. The van der Waals surface area contributed by atoms with Crippen LogP contribution >= 0.6 is 0 Å². The smallest absolute Gasteiger partial charge is 0.278 e. The van der Waals surface area contributed by atoms with Crippen LogP contribution in [0, 0.1) is 17.1 Å². The van der Waals surface area contributed by atoms with E-state index >= 15 is 0 Å². The first kappa shape index (κ1) is 17.5. The van der Waals surface area contributed by atoms with Crippen LogP contribution in [0.1, 0.15) is 29.3 Å². The average molecular weight is 370 g/mol. The van der Waals surface area contributed by atoms with Crippen molar-refractivity contribution in [1.82, 2.24) is 4.57 Å². The van der Waals surface area contributed by atoms with Gasteiger partial charge < -0.3 is 9.67 Å². The van der Waals surface area contributed by atoms with E-state index in [1.807, 2.05) is 0 Å². The quantitative estimate of drug-likeness (QED) is 0.881. The molecule has 132 valence electrons. The van der Waals surface area contributed by atoms with Crippen LogP contribution < -0.4 is 0 Å². The van der Waals surface area contributed by atoms with Crippen LogP contribution in [-0.2, 0) is 16.3 Å². The molecule has 1 aromatic carbocycles. The van der Waals surface area contributed by atoms with Gasteiger partial charge in [0.1, 0.15) is 11.9 Å². The third-order valence-electron chi connectivity index (χ3n) is 4.17. The van der Waals surface area contributed by atoms with Crippen molar-refractivity contribution in [3.8, 4) is 11.8 Å². The van der Waals surface area contributed by atoms with E-state index in [0.717, 1.165) is 24.6 Å². The molecule has 1 unspecified atom stereocenters. The van der Waals surface area contributed by atoms with E-state index in [1.54, 1.807) is 6.07 Å². The summed E-state index contributed by atoms with van der Waals surface area (Å²) in [7, 11) is -3.91. The van der Waals surface area contributed by atoms with Gasteiger partial charge in [0.05, 0.1) is 16.5 Å². The molecule has 0 saturated heterocycles. The second kappa shape index (κ2) is 5.61. The highest BCUT2D eigenvalue weighted by Crippen LogP contribution is 2.45. The molecule has 5 nitrogen and oxygen atoms in total. The number of sulfone groups is 1. The Balaban J connectivity index is 2.32. The van der Waals surface area contributed by atoms with E-state index in [9.17, 15) is 26.7 Å². The van der Waals surface area contributed by atoms with E-state index < -0.39 is 39.0 Å². The van der Waals surface area contributed by atoms with Gasteiger partial charge >= 0.3 is 0 Å². The van der Waals surface area contributed by atoms with Crippen molar-refractivity contribution in [2.75, 3.05) is 6.26 Å². The Hall–Kier alpha value is -2.31. The van der Waals surface area contributed by atoms with Crippen LogP contribution in [0.2, 0.25) is 0 Å². The zero-order valence-corrected chi connectivity index (χ0v) is 13.8. The fraction of sp³-hybridized carbons (Fsp3) is 0.312. The number of alkyl halides is 2. The lowest BCUT2D eigenvalue weighted by molar-refractivity contribution is -0.123. The summed E-state index contributed by atoms with van der Waals surface area (Å²) >= 11 is 0. The Morgan fingerprint density at radius 1 is 1.36 bits per heavy atom. The summed E-state index contributed by atoms with van der Waals surface area (Å²) in [5.41, 5.74) is -0.0879. The largest absolute Gasteiger partial charge is 0.382 e. The van der Waals surface area contributed by atoms with Crippen LogP contribution in [0.5, 0.6) is 0 Å². The summed E-state index contributed by atoms with van der Waals surface area (Å²) in [5, 5.41) is 19.0. The molecule has 0 aliphatic heterocycles. The van der Waals surface area contributed by atoms with E-state index in [1.165, 1.54) is 10.6 Å². The molecule has 0 bridgehead atoms. The molecule has 0 radical (unpaired) electrons. The number of nitrogens with zero attached hydrogens (tertiary/aromatic N) is 2. The number of aromatic nitrogens is 1. The van der Waals surface area contributed by atoms with Gasteiger partial charge in [0.25, 0.3) is 5.92 Å². The minimum atomic E-state index is -3.91. The number of benzene rings is 1. The minimum absolute atomic E-state index is 0.0000402. The molecule has 0 saturated carbocycles. The molecule has 1 heterocycles. The maximum atomic E-state index is 13.9. The number of hydrogen-bond donors (Lipinski definition) is 1. The van der Waals surface area contributed by atoms with Gasteiger partial charge in [0.2, 0.25) is 0 Å². The number of nitriles is 1. The lowest BCUT2D eigenvalue weighted by Crippen LogP contribution is -2.32. The van der Waals surface area contributed by atoms with Crippen molar-refractivity contribution in [3.63, 3.8) is 0 Å². The van der Waals surface area contributed by atoms with Crippen LogP contribution in [0.3, 0.4) is 0 Å². The molecule has 2 aromatic rings. The lowest BCUT2D eigenvalue weighted by atomic mass is 9.91. The summed E-state index contributed by atoms with van der Waals surface area (Å²) < 4.78 is 66.7. The predicted molar refractivity (Wildman–Crippen MR) is 81.8 cm³/mol. The molecule has 0 fully saturated rings. The van der Waals surface area contributed by atoms with Crippen molar-refractivity contribution in [2.45, 2.75) is 29.8 Å². The van der Waals surface area contributed by atoms with E-state index in [-0.39, 0.29) is 28.9 Å². The Morgan fingerprint density at radius 2 is 2.04 bits per heavy atom. The highest BCUT2D eigenvalue weighted by Gasteiger charge is 2.47. The van der Waals surface area contributed by atoms with Gasteiger partial charge in [0.15, 0.2) is 9.84 Å². The Morgan fingerprint density at radius 3 is 2.64 bits per heavy atom. The molecule has 9 heteroatoms. The van der Waals surface area contributed by atoms with Gasteiger partial charge in [0, 0.05) is 35.8 Å². The summed E-state index contributed by atoms with van der Waals surface area (Å²) in [6.45, 7) is 0. The fourth-order valence-electron chi connectivity index (χ4n) is 3.02. The lowest BCUT2D eigenvalue weighted by Gasteiger charge is -2.29. The molecule has 1 aliphatic carbocycles. The van der Waals surface area contributed by atoms with Gasteiger partial charge in [-0.1, -0.05) is 0 Å². The van der Waals surface area contributed by atoms with Crippen LogP contribution in [0.25, 0.3) is 5.69 Å².